The van der Waals surface area contributed by atoms with Gasteiger partial charge in [0.1, 0.15) is 23.8 Å². The zero-order chi connectivity index (χ0) is 18.7. The number of aromatic nitrogens is 2. The fourth-order valence-electron chi connectivity index (χ4n) is 3.76. The van der Waals surface area contributed by atoms with Crippen LogP contribution in [0.4, 0.5) is 0 Å². The van der Waals surface area contributed by atoms with Crippen LogP contribution in [0.3, 0.4) is 0 Å². The van der Waals surface area contributed by atoms with E-state index in [1.54, 1.807) is 0 Å². The van der Waals surface area contributed by atoms with Crippen molar-refractivity contribution in [1.29, 1.82) is 0 Å². The van der Waals surface area contributed by atoms with Gasteiger partial charge in [-0.05, 0) is 47.9 Å². The largest absolute Gasteiger partial charge is 1.00 e. The number of nitrogens with zero attached hydrogens (tertiary/aromatic N) is 2. The summed E-state index contributed by atoms with van der Waals surface area (Å²) >= 11 is 2.50. The topological polar surface area (TPSA) is 8.81 Å². The molecule has 1 heterocycles. The minimum atomic E-state index is 0. The summed E-state index contributed by atoms with van der Waals surface area (Å²) in [6.45, 7) is 8.96. The summed E-state index contributed by atoms with van der Waals surface area (Å²) in [6, 6.07) is 13.4. The van der Waals surface area contributed by atoms with E-state index in [1.807, 2.05) is 0 Å². The van der Waals surface area contributed by atoms with E-state index in [4.69, 9.17) is 0 Å². The minimum absolute atomic E-state index is 0. The predicted octanol–water partition coefficient (Wildman–Crippen LogP) is 2.61. The van der Waals surface area contributed by atoms with E-state index >= 15 is 0 Å². The van der Waals surface area contributed by atoms with Crippen LogP contribution in [0.25, 0.3) is 11.4 Å². The molecule has 0 saturated carbocycles. The zero-order valence-corrected chi connectivity index (χ0v) is 20.3. The Labute approximate surface area is 187 Å². The van der Waals surface area contributed by atoms with Crippen LogP contribution >= 0.6 is 22.6 Å². The van der Waals surface area contributed by atoms with Crippen molar-refractivity contribution in [1.82, 2.24) is 4.57 Å². The molecular formula is C23H28BrIN2. The lowest BCUT2D eigenvalue weighted by atomic mass is 10.0. The lowest BCUT2D eigenvalue weighted by molar-refractivity contribution is -0.609. The van der Waals surface area contributed by atoms with Gasteiger partial charge in [0.05, 0.1) is 22.6 Å². The van der Waals surface area contributed by atoms with Crippen molar-refractivity contribution < 1.29 is 21.5 Å². The van der Waals surface area contributed by atoms with Crippen LogP contribution < -0.4 is 21.5 Å². The Morgan fingerprint density at radius 1 is 0.778 bits per heavy atom. The summed E-state index contributed by atoms with van der Waals surface area (Å²) in [4.78, 5) is 0. The minimum Gasteiger partial charge on any atom is -1.00 e. The van der Waals surface area contributed by atoms with E-state index in [0.29, 0.717) is 0 Å². The highest BCUT2D eigenvalue weighted by atomic mass is 127. The first-order valence-electron chi connectivity index (χ1n) is 9.66. The number of hydrogen-bond acceptors (Lipinski definition) is 0. The predicted molar refractivity (Wildman–Crippen MR) is 118 cm³/mol. The van der Waals surface area contributed by atoms with Crippen LogP contribution in [0.1, 0.15) is 49.9 Å². The summed E-state index contributed by atoms with van der Waals surface area (Å²) in [5, 5.41) is 0. The number of aryl methyl sites for hydroxylation is 4. The molecule has 144 valence electrons. The number of halogens is 2. The van der Waals surface area contributed by atoms with Gasteiger partial charge in [-0.1, -0.05) is 64.1 Å². The zero-order valence-electron chi connectivity index (χ0n) is 16.6. The van der Waals surface area contributed by atoms with Crippen LogP contribution in [0.15, 0.2) is 48.8 Å². The van der Waals surface area contributed by atoms with Gasteiger partial charge in [-0.2, -0.15) is 9.13 Å². The maximum Gasteiger partial charge on any atom is 0.327 e. The van der Waals surface area contributed by atoms with Crippen LogP contribution in [0.2, 0.25) is 0 Å². The van der Waals surface area contributed by atoms with Gasteiger partial charge in [0.15, 0.2) is 0 Å². The molecule has 0 spiro atoms. The molecule has 0 fully saturated rings. The third-order valence-corrected chi connectivity index (χ3v) is 6.21. The van der Waals surface area contributed by atoms with Crippen LogP contribution in [0.5, 0.6) is 0 Å². The highest BCUT2D eigenvalue weighted by Crippen LogP contribution is 2.25. The summed E-state index contributed by atoms with van der Waals surface area (Å²) in [7, 11) is 0. The summed E-state index contributed by atoms with van der Waals surface area (Å²) in [5.74, 6) is 0. The van der Waals surface area contributed by atoms with Gasteiger partial charge in [0.2, 0.25) is 0 Å². The monoisotopic (exact) mass is 538 g/mol. The molecule has 0 bridgehead atoms. The summed E-state index contributed by atoms with van der Waals surface area (Å²) < 4.78 is 5.96. The third kappa shape index (κ3) is 4.16. The molecule has 0 unspecified atom stereocenters. The molecule has 3 aromatic rings. The van der Waals surface area contributed by atoms with E-state index in [0.717, 1.165) is 25.7 Å². The van der Waals surface area contributed by atoms with Crippen LogP contribution in [-0.2, 0) is 25.7 Å². The van der Waals surface area contributed by atoms with Gasteiger partial charge in [-0.25, -0.2) is 0 Å². The molecule has 0 N–H and O–H groups in total. The number of rotatable bonds is 6. The molecule has 0 radical (unpaired) electrons. The quantitative estimate of drug-likeness (QED) is 0.337. The Bertz CT molecular complexity index is 797. The van der Waals surface area contributed by atoms with Crippen molar-refractivity contribution in [2.24, 2.45) is 0 Å². The highest BCUT2D eigenvalue weighted by molar-refractivity contribution is 14.1. The first-order valence-corrected chi connectivity index (χ1v) is 10.7. The van der Waals surface area contributed by atoms with Gasteiger partial charge in [-0.15, -0.1) is 0 Å². The second-order valence-electron chi connectivity index (χ2n) is 6.57. The molecule has 2 nitrogen and oxygen atoms in total. The molecular weight excluding hydrogens is 511 g/mol. The number of imidazole rings is 1. The average molecular weight is 539 g/mol. The van der Waals surface area contributed by atoms with Gasteiger partial charge in [-0.3, -0.25) is 0 Å². The normalized spacial score (nSPS) is 10.7. The molecule has 0 saturated heterocycles. The molecule has 0 aliphatic rings. The van der Waals surface area contributed by atoms with Crippen LogP contribution in [0, 0.1) is 3.83 Å². The molecule has 1 aromatic heterocycles. The molecule has 27 heavy (non-hydrogen) atoms. The first-order chi connectivity index (χ1) is 12.7. The number of benzene rings is 2. The van der Waals surface area contributed by atoms with Gasteiger partial charge >= 0.3 is 3.83 Å². The molecule has 4 heteroatoms. The fourth-order valence-corrected chi connectivity index (χ4v) is 4.56. The molecule has 2 aromatic carbocycles. The Hall–Kier alpha value is -1.14. The highest BCUT2D eigenvalue weighted by Gasteiger charge is 2.24. The van der Waals surface area contributed by atoms with E-state index in [1.165, 1.54) is 37.5 Å². The van der Waals surface area contributed by atoms with Crippen molar-refractivity contribution in [3.63, 3.8) is 0 Å². The van der Waals surface area contributed by atoms with Gasteiger partial charge in [0.25, 0.3) is 0 Å². The SMILES string of the molecule is CCc1cccc(CC)c1-n1cc[n+](-c2c(CC)cccc2CC)c1I.[Br-]. The van der Waals surface area contributed by atoms with E-state index in [9.17, 15) is 0 Å². The van der Waals surface area contributed by atoms with Gasteiger partial charge in [0, 0.05) is 0 Å². The molecule has 0 amide bonds. The molecule has 0 aliphatic carbocycles. The van der Waals surface area contributed by atoms with Crippen molar-refractivity contribution in [3.8, 4) is 11.4 Å². The maximum absolute atomic E-state index is 2.50. The Kier molecular flexibility index (Phi) is 8.10. The lowest BCUT2D eigenvalue weighted by Gasteiger charge is -2.12. The van der Waals surface area contributed by atoms with Crippen molar-refractivity contribution >= 4 is 22.6 Å². The second kappa shape index (κ2) is 9.87. The van der Waals surface area contributed by atoms with E-state index < -0.39 is 0 Å². The number of hydrogen-bond donors (Lipinski definition) is 0. The molecule has 3 rings (SSSR count). The fraction of sp³-hybridized carbons (Fsp3) is 0.348. The second-order valence-corrected chi connectivity index (χ2v) is 7.54. The van der Waals surface area contributed by atoms with Crippen LogP contribution in [-0.4, -0.2) is 4.57 Å². The third-order valence-electron chi connectivity index (χ3n) is 5.17. The Morgan fingerprint density at radius 2 is 1.22 bits per heavy atom. The molecule has 0 atom stereocenters. The lowest BCUT2D eigenvalue weighted by Crippen LogP contribution is -3.00. The number of para-hydroxylation sites is 2. The first kappa shape index (κ1) is 22.2. The standard InChI is InChI=1S/C23H28IN2.BrH/c1-5-17-11-9-12-18(6-2)21(17)25-15-16-26(23(25)24)22-19(7-3)13-10-14-20(22)8-4;/h9-16H,5-8H2,1-4H3;1H/q+1;/p-1. The van der Waals surface area contributed by atoms with Crippen molar-refractivity contribution in [2.75, 3.05) is 0 Å². The van der Waals surface area contributed by atoms with Crippen molar-refractivity contribution in [2.45, 2.75) is 53.4 Å². The van der Waals surface area contributed by atoms with Crippen molar-refractivity contribution in [3.05, 3.63) is 74.9 Å². The maximum atomic E-state index is 2.50. The molecule has 0 aliphatic heterocycles. The van der Waals surface area contributed by atoms with E-state index in [-0.39, 0.29) is 17.0 Å². The Morgan fingerprint density at radius 3 is 1.67 bits per heavy atom. The Balaban J connectivity index is 0.00000261. The van der Waals surface area contributed by atoms with Gasteiger partial charge < -0.3 is 17.0 Å². The smallest absolute Gasteiger partial charge is 0.327 e. The van der Waals surface area contributed by atoms with E-state index in [2.05, 4.69) is 108 Å². The average Bonchev–Trinajstić information content (AvgIpc) is 3.06. The summed E-state index contributed by atoms with van der Waals surface area (Å²) in [6.07, 6.45) is 8.63. The summed E-state index contributed by atoms with van der Waals surface area (Å²) in [5.41, 5.74) is 8.34.